The summed E-state index contributed by atoms with van der Waals surface area (Å²) in [6, 6.07) is 16.3. The fourth-order valence-corrected chi connectivity index (χ4v) is 2.29. The van der Waals surface area contributed by atoms with Gasteiger partial charge in [0.15, 0.2) is 5.82 Å². The van der Waals surface area contributed by atoms with E-state index >= 15 is 0 Å². The van der Waals surface area contributed by atoms with Gasteiger partial charge in [-0.1, -0.05) is 24.3 Å². The van der Waals surface area contributed by atoms with Crippen molar-refractivity contribution in [2.24, 2.45) is 0 Å². The van der Waals surface area contributed by atoms with E-state index in [0.717, 1.165) is 22.4 Å². The molecule has 2 aromatic carbocycles. The number of hydrogen-bond acceptors (Lipinski definition) is 3. The van der Waals surface area contributed by atoms with Crippen molar-refractivity contribution < 1.29 is 0 Å². The number of aromatic amines is 1. The number of hydrogen-bond donors (Lipinski definition) is 3. The number of benzene rings is 2. The highest BCUT2D eigenvalue weighted by molar-refractivity contribution is 7.81. The van der Waals surface area contributed by atoms with Crippen LogP contribution in [0.1, 0.15) is 19.4 Å². The zero-order valence-corrected chi connectivity index (χ0v) is 12.4. The minimum atomic E-state index is -0.160. The third kappa shape index (κ3) is 2.51. The molecule has 2 N–H and O–H groups in total. The minimum absolute atomic E-state index is 0.160. The van der Waals surface area contributed by atoms with Crippen LogP contribution in [0.2, 0.25) is 0 Å². The topological polar surface area (TPSA) is 40.7 Å². The van der Waals surface area contributed by atoms with Gasteiger partial charge in [0, 0.05) is 15.8 Å². The molecule has 0 unspecified atom stereocenters. The molecule has 102 valence electrons. The van der Waals surface area contributed by atoms with Crippen LogP contribution in [0.3, 0.4) is 0 Å². The molecule has 0 aliphatic rings. The smallest absolute Gasteiger partial charge is 0.160 e. The standard InChI is InChI=1S/C16H17N3S/c1-16(2,20)11-8-9-13-14(10-11)18-19-15(13)17-12-6-4-3-5-7-12/h3-10,20H,1-2H3,(H2,17,18,19). The Hall–Kier alpha value is -1.94. The summed E-state index contributed by atoms with van der Waals surface area (Å²) in [6.07, 6.45) is 0. The van der Waals surface area contributed by atoms with Crippen molar-refractivity contribution in [2.45, 2.75) is 18.6 Å². The molecule has 1 heterocycles. The van der Waals surface area contributed by atoms with Gasteiger partial charge in [-0.05, 0) is 43.7 Å². The lowest BCUT2D eigenvalue weighted by Crippen LogP contribution is -2.06. The van der Waals surface area contributed by atoms with E-state index in [1.807, 2.05) is 30.3 Å². The lowest BCUT2D eigenvalue weighted by atomic mass is 10.0. The van der Waals surface area contributed by atoms with Crippen LogP contribution in [0.15, 0.2) is 48.5 Å². The van der Waals surface area contributed by atoms with E-state index in [2.05, 4.69) is 60.2 Å². The quantitative estimate of drug-likeness (QED) is 0.621. The predicted molar refractivity (Wildman–Crippen MR) is 87.8 cm³/mol. The first kappa shape index (κ1) is 13.1. The number of nitrogens with zero attached hydrogens (tertiary/aromatic N) is 1. The highest BCUT2D eigenvalue weighted by Crippen LogP contribution is 2.31. The van der Waals surface area contributed by atoms with Crippen LogP contribution >= 0.6 is 12.6 Å². The van der Waals surface area contributed by atoms with Gasteiger partial charge in [0.25, 0.3) is 0 Å². The zero-order valence-electron chi connectivity index (χ0n) is 11.5. The maximum atomic E-state index is 4.61. The third-order valence-electron chi connectivity index (χ3n) is 3.31. The number of anilines is 2. The van der Waals surface area contributed by atoms with Crippen molar-refractivity contribution >= 4 is 35.0 Å². The van der Waals surface area contributed by atoms with Crippen LogP contribution in [0.5, 0.6) is 0 Å². The van der Waals surface area contributed by atoms with Gasteiger partial charge in [-0.25, -0.2) is 0 Å². The summed E-state index contributed by atoms with van der Waals surface area (Å²) in [6.45, 7) is 4.16. The molecule has 0 spiro atoms. The van der Waals surface area contributed by atoms with Crippen LogP contribution < -0.4 is 5.32 Å². The van der Waals surface area contributed by atoms with Crippen molar-refractivity contribution in [3.63, 3.8) is 0 Å². The van der Waals surface area contributed by atoms with Crippen LogP contribution in [-0.4, -0.2) is 10.2 Å². The Bertz CT molecular complexity index is 726. The summed E-state index contributed by atoms with van der Waals surface area (Å²) < 4.78 is -0.160. The van der Waals surface area contributed by atoms with Gasteiger partial charge in [-0.3, -0.25) is 5.10 Å². The fourth-order valence-electron chi connectivity index (χ4n) is 2.15. The van der Waals surface area contributed by atoms with E-state index in [1.54, 1.807) is 0 Å². The lowest BCUT2D eigenvalue weighted by Gasteiger charge is -2.17. The Morgan fingerprint density at radius 3 is 2.55 bits per heavy atom. The van der Waals surface area contributed by atoms with Gasteiger partial charge in [-0.2, -0.15) is 17.7 Å². The van der Waals surface area contributed by atoms with Gasteiger partial charge < -0.3 is 5.32 Å². The molecule has 4 heteroatoms. The molecule has 0 radical (unpaired) electrons. The normalized spacial score (nSPS) is 11.8. The average Bonchev–Trinajstić information content (AvgIpc) is 2.81. The van der Waals surface area contributed by atoms with E-state index in [4.69, 9.17) is 0 Å². The van der Waals surface area contributed by atoms with Crippen LogP contribution in [0, 0.1) is 0 Å². The summed E-state index contributed by atoms with van der Waals surface area (Å²) >= 11 is 4.61. The highest BCUT2D eigenvalue weighted by Gasteiger charge is 2.16. The molecule has 3 rings (SSSR count). The highest BCUT2D eigenvalue weighted by atomic mass is 32.1. The molecule has 0 atom stereocenters. The van der Waals surface area contributed by atoms with Crippen LogP contribution in [-0.2, 0) is 4.75 Å². The number of aromatic nitrogens is 2. The van der Waals surface area contributed by atoms with Crippen molar-refractivity contribution in [2.75, 3.05) is 5.32 Å². The second kappa shape index (κ2) is 4.87. The Kier molecular flexibility index (Phi) is 3.18. The Morgan fingerprint density at radius 2 is 1.85 bits per heavy atom. The first-order valence-corrected chi connectivity index (χ1v) is 7.02. The average molecular weight is 283 g/mol. The first-order chi connectivity index (χ1) is 9.54. The molecule has 1 aromatic heterocycles. The Labute approximate surface area is 123 Å². The summed E-state index contributed by atoms with van der Waals surface area (Å²) in [5.74, 6) is 0.842. The van der Waals surface area contributed by atoms with Gasteiger partial charge in [0.2, 0.25) is 0 Å². The van der Waals surface area contributed by atoms with E-state index < -0.39 is 0 Å². The molecule has 0 aliphatic carbocycles. The zero-order chi connectivity index (χ0) is 14.2. The van der Waals surface area contributed by atoms with Crippen molar-refractivity contribution in [3.05, 3.63) is 54.1 Å². The van der Waals surface area contributed by atoms with E-state index in [1.165, 1.54) is 5.56 Å². The molecule has 20 heavy (non-hydrogen) atoms. The number of para-hydroxylation sites is 1. The van der Waals surface area contributed by atoms with Crippen LogP contribution in [0.25, 0.3) is 10.9 Å². The molecule has 0 amide bonds. The van der Waals surface area contributed by atoms with Crippen molar-refractivity contribution in [3.8, 4) is 0 Å². The third-order valence-corrected chi connectivity index (χ3v) is 3.56. The molecule has 0 saturated carbocycles. The second-order valence-electron chi connectivity index (χ2n) is 5.38. The SMILES string of the molecule is CC(C)(S)c1ccc2c(Nc3ccccc3)n[nH]c2c1. The molecular formula is C16H17N3S. The summed E-state index contributed by atoms with van der Waals surface area (Å²) in [5, 5.41) is 11.8. The number of thiol groups is 1. The molecular weight excluding hydrogens is 266 g/mol. The fraction of sp³-hybridized carbons (Fsp3) is 0.188. The number of nitrogens with one attached hydrogen (secondary N) is 2. The monoisotopic (exact) mass is 283 g/mol. The van der Waals surface area contributed by atoms with Crippen molar-refractivity contribution in [1.29, 1.82) is 0 Å². The van der Waals surface area contributed by atoms with E-state index in [-0.39, 0.29) is 4.75 Å². The summed E-state index contributed by atoms with van der Waals surface area (Å²) in [4.78, 5) is 0. The maximum Gasteiger partial charge on any atom is 0.160 e. The number of H-pyrrole nitrogens is 1. The van der Waals surface area contributed by atoms with Gasteiger partial charge in [0.05, 0.1) is 5.52 Å². The lowest BCUT2D eigenvalue weighted by molar-refractivity contribution is 0.792. The molecule has 0 bridgehead atoms. The Balaban J connectivity index is 1.98. The molecule has 3 nitrogen and oxygen atoms in total. The maximum absolute atomic E-state index is 4.61. The molecule has 0 fully saturated rings. The number of rotatable bonds is 3. The van der Waals surface area contributed by atoms with Gasteiger partial charge in [-0.15, -0.1) is 0 Å². The van der Waals surface area contributed by atoms with Gasteiger partial charge in [0.1, 0.15) is 0 Å². The van der Waals surface area contributed by atoms with Crippen molar-refractivity contribution in [1.82, 2.24) is 10.2 Å². The Morgan fingerprint density at radius 1 is 1.10 bits per heavy atom. The second-order valence-corrected chi connectivity index (χ2v) is 6.50. The van der Waals surface area contributed by atoms with E-state index in [9.17, 15) is 0 Å². The molecule has 0 aliphatic heterocycles. The predicted octanol–water partition coefficient (Wildman–Crippen LogP) is 4.47. The minimum Gasteiger partial charge on any atom is -0.338 e. The summed E-state index contributed by atoms with van der Waals surface area (Å²) in [5.41, 5.74) is 3.21. The first-order valence-electron chi connectivity index (χ1n) is 6.57. The largest absolute Gasteiger partial charge is 0.338 e. The molecule has 3 aromatic rings. The van der Waals surface area contributed by atoms with E-state index in [0.29, 0.717) is 0 Å². The van der Waals surface area contributed by atoms with Crippen LogP contribution in [0.4, 0.5) is 11.5 Å². The summed E-state index contributed by atoms with van der Waals surface area (Å²) in [7, 11) is 0. The molecule has 0 saturated heterocycles. The van der Waals surface area contributed by atoms with Gasteiger partial charge >= 0.3 is 0 Å². The number of fused-ring (bicyclic) bond motifs is 1.